The Kier molecular flexibility index (Phi) is 4.47. The van der Waals surface area contributed by atoms with E-state index in [-0.39, 0.29) is 28.2 Å². The number of benzene rings is 1. The molecule has 0 saturated carbocycles. The first kappa shape index (κ1) is 15.4. The fourth-order valence-electron chi connectivity index (χ4n) is 1.52. The molecule has 0 aliphatic rings. The lowest BCUT2D eigenvalue weighted by Crippen LogP contribution is -2.12. The number of sulfone groups is 1. The number of carboxylic acid groups (broad SMARTS) is 1. The van der Waals surface area contributed by atoms with Gasteiger partial charge in [-0.25, -0.2) is 17.6 Å². The van der Waals surface area contributed by atoms with Crippen molar-refractivity contribution in [3.63, 3.8) is 0 Å². The van der Waals surface area contributed by atoms with Gasteiger partial charge in [-0.05, 0) is 32.4 Å². The molecule has 0 saturated heterocycles. The minimum absolute atomic E-state index is 0.0632. The van der Waals surface area contributed by atoms with Crippen molar-refractivity contribution in [2.75, 3.05) is 5.75 Å². The van der Waals surface area contributed by atoms with Crippen molar-refractivity contribution in [1.29, 1.82) is 0 Å². The van der Waals surface area contributed by atoms with E-state index in [1.54, 1.807) is 6.92 Å². The molecule has 4 nitrogen and oxygen atoms in total. The maximum atomic E-state index is 13.6. The summed E-state index contributed by atoms with van der Waals surface area (Å²) in [5.74, 6) is -2.42. The molecule has 104 valence electrons. The second-order valence-corrected chi connectivity index (χ2v) is 6.49. The summed E-state index contributed by atoms with van der Waals surface area (Å²) in [6, 6.07) is 1.81. The average molecular weight is 286 g/mol. The van der Waals surface area contributed by atoms with Crippen LogP contribution in [-0.4, -0.2) is 25.2 Å². The van der Waals surface area contributed by atoms with E-state index in [2.05, 4.69) is 6.58 Å². The van der Waals surface area contributed by atoms with Gasteiger partial charge in [0.05, 0.1) is 16.2 Å². The van der Waals surface area contributed by atoms with Gasteiger partial charge in [0.2, 0.25) is 0 Å². The molecule has 1 aromatic carbocycles. The number of halogens is 1. The van der Waals surface area contributed by atoms with Crippen LogP contribution in [0.1, 0.15) is 29.3 Å². The zero-order valence-electron chi connectivity index (χ0n) is 10.7. The molecule has 0 bridgehead atoms. The molecule has 1 aromatic rings. The Morgan fingerprint density at radius 1 is 1.42 bits per heavy atom. The summed E-state index contributed by atoms with van der Waals surface area (Å²) >= 11 is 0. The highest BCUT2D eigenvalue weighted by Crippen LogP contribution is 2.23. The summed E-state index contributed by atoms with van der Waals surface area (Å²) in [6.45, 7) is 6.61. The number of allylic oxidation sites excluding steroid dienone is 1. The zero-order valence-corrected chi connectivity index (χ0v) is 11.6. The first-order valence-electron chi connectivity index (χ1n) is 5.55. The van der Waals surface area contributed by atoms with Crippen molar-refractivity contribution in [1.82, 2.24) is 0 Å². The van der Waals surface area contributed by atoms with Gasteiger partial charge in [-0.15, -0.1) is 6.58 Å². The molecule has 0 atom stereocenters. The van der Waals surface area contributed by atoms with Crippen LogP contribution in [-0.2, 0) is 9.84 Å². The van der Waals surface area contributed by atoms with Crippen LogP contribution in [0.25, 0.3) is 0 Å². The maximum absolute atomic E-state index is 13.6. The zero-order chi connectivity index (χ0) is 14.8. The van der Waals surface area contributed by atoms with Crippen molar-refractivity contribution in [2.45, 2.75) is 25.2 Å². The predicted octanol–water partition coefficient (Wildman–Crippen LogP) is 2.57. The van der Waals surface area contributed by atoms with Crippen LogP contribution >= 0.6 is 0 Å². The number of carboxylic acids is 1. The molecule has 1 rings (SSSR count). The van der Waals surface area contributed by atoms with Crippen LogP contribution in [0.2, 0.25) is 0 Å². The van der Waals surface area contributed by atoms with Crippen LogP contribution in [0, 0.1) is 12.7 Å². The Bertz CT molecular complexity index is 632. The Morgan fingerprint density at radius 2 is 2.00 bits per heavy atom. The Labute approximate surface area is 111 Å². The van der Waals surface area contributed by atoms with E-state index in [9.17, 15) is 17.6 Å². The van der Waals surface area contributed by atoms with Crippen molar-refractivity contribution in [2.24, 2.45) is 0 Å². The van der Waals surface area contributed by atoms with Gasteiger partial charge >= 0.3 is 5.97 Å². The van der Waals surface area contributed by atoms with Gasteiger partial charge in [-0.2, -0.15) is 0 Å². The molecule has 0 heterocycles. The lowest BCUT2D eigenvalue weighted by Gasteiger charge is -2.10. The second-order valence-electron chi connectivity index (χ2n) is 4.41. The minimum atomic E-state index is -3.73. The lowest BCUT2D eigenvalue weighted by molar-refractivity contribution is 0.0696. The molecule has 0 amide bonds. The highest BCUT2D eigenvalue weighted by Gasteiger charge is 2.21. The number of hydrogen-bond donors (Lipinski definition) is 1. The van der Waals surface area contributed by atoms with Gasteiger partial charge < -0.3 is 5.11 Å². The second kappa shape index (κ2) is 5.52. The van der Waals surface area contributed by atoms with Gasteiger partial charge in [0.1, 0.15) is 5.82 Å². The first-order valence-corrected chi connectivity index (χ1v) is 7.21. The summed E-state index contributed by atoms with van der Waals surface area (Å²) in [5, 5.41) is 8.83. The molecule has 0 fully saturated rings. The van der Waals surface area contributed by atoms with E-state index in [4.69, 9.17) is 5.11 Å². The molecule has 0 aliphatic heterocycles. The highest BCUT2D eigenvalue weighted by molar-refractivity contribution is 7.91. The highest BCUT2D eigenvalue weighted by atomic mass is 32.2. The van der Waals surface area contributed by atoms with Gasteiger partial charge in [0.15, 0.2) is 9.84 Å². The van der Waals surface area contributed by atoms with E-state index in [1.807, 2.05) is 0 Å². The summed E-state index contributed by atoms with van der Waals surface area (Å²) in [7, 11) is -3.73. The topological polar surface area (TPSA) is 71.4 Å². The van der Waals surface area contributed by atoms with Gasteiger partial charge in [0, 0.05) is 5.56 Å². The van der Waals surface area contributed by atoms with Crippen molar-refractivity contribution in [3.8, 4) is 0 Å². The van der Waals surface area contributed by atoms with Crippen LogP contribution in [0.3, 0.4) is 0 Å². The molecule has 0 radical (unpaired) electrons. The van der Waals surface area contributed by atoms with Crippen LogP contribution in [0.5, 0.6) is 0 Å². The SMILES string of the molecule is C=C(C)CCS(=O)(=O)c1cc(C(=O)O)cc(F)c1C. The van der Waals surface area contributed by atoms with Crippen LogP contribution in [0.4, 0.5) is 4.39 Å². The number of rotatable bonds is 5. The summed E-state index contributed by atoms with van der Waals surface area (Å²) < 4.78 is 37.8. The van der Waals surface area contributed by atoms with Crippen LogP contribution in [0.15, 0.2) is 29.2 Å². The third-order valence-electron chi connectivity index (χ3n) is 2.68. The molecule has 19 heavy (non-hydrogen) atoms. The first-order chi connectivity index (χ1) is 8.65. The molecule has 0 unspecified atom stereocenters. The molecule has 0 spiro atoms. The minimum Gasteiger partial charge on any atom is -0.478 e. The Morgan fingerprint density at radius 3 is 2.47 bits per heavy atom. The lowest BCUT2D eigenvalue weighted by atomic mass is 10.1. The Hall–Kier alpha value is -1.69. The summed E-state index contributed by atoms with van der Waals surface area (Å²) in [4.78, 5) is 10.6. The average Bonchev–Trinajstić information content (AvgIpc) is 2.29. The van der Waals surface area contributed by atoms with Crippen molar-refractivity contribution in [3.05, 3.63) is 41.2 Å². The monoisotopic (exact) mass is 286 g/mol. The van der Waals surface area contributed by atoms with Crippen molar-refractivity contribution >= 4 is 15.8 Å². The third-order valence-corrected chi connectivity index (χ3v) is 4.51. The van der Waals surface area contributed by atoms with E-state index in [0.29, 0.717) is 5.57 Å². The van der Waals surface area contributed by atoms with Gasteiger partial charge in [-0.3, -0.25) is 0 Å². The summed E-state index contributed by atoms with van der Waals surface area (Å²) in [5.41, 5.74) is 0.250. The molecule has 0 aromatic heterocycles. The summed E-state index contributed by atoms with van der Waals surface area (Å²) in [6.07, 6.45) is 0.251. The molecule has 0 aliphatic carbocycles. The standard InChI is InChI=1S/C13H15FO4S/c1-8(2)4-5-19(17,18)12-7-10(13(15)16)6-11(14)9(12)3/h6-7H,1,4-5H2,2-3H3,(H,15,16). The predicted molar refractivity (Wildman–Crippen MR) is 69.6 cm³/mol. The van der Waals surface area contributed by atoms with E-state index in [1.165, 1.54) is 6.92 Å². The van der Waals surface area contributed by atoms with E-state index in [0.717, 1.165) is 12.1 Å². The third kappa shape index (κ3) is 3.64. The maximum Gasteiger partial charge on any atom is 0.335 e. The fourth-order valence-corrected chi connectivity index (χ4v) is 3.23. The smallest absolute Gasteiger partial charge is 0.335 e. The number of carbonyl (C=O) groups is 1. The van der Waals surface area contributed by atoms with Gasteiger partial charge in [-0.1, -0.05) is 5.57 Å². The normalized spacial score (nSPS) is 11.3. The quantitative estimate of drug-likeness (QED) is 0.844. The fraction of sp³-hybridized carbons (Fsp3) is 0.308. The van der Waals surface area contributed by atoms with E-state index >= 15 is 0 Å². The molecular weight excluding hydrogens is 271 g/mol. The number of aromatic carboxylic acids is 1. The van der Waals surface area contributed by atoms with Crippen LogP contribution < -0.4 is 0 Å². The molecular formula is C13H15FO4S. The van der Waals surface area contributed by atoms with Crippen molar-refractivity contribution < 1.29 is 22.7 Å². The van der Waals surface area contributed by atoms with E-state index < -0.39 is 21.6 Å². The Balaban J connectivity index is 3.33. The van der Waals surface area contributed by atoms with Gasteiger partial charge in [0.25, 0.3) is 0 Å². The largest absolute Gasteiger partial charge is 0.478 e. The molecule has 1 N–H and O–H groups in total. The molecule has 6 heteroatoms. The number of hydrogen-bond acceptors (Lipinski definition) is 3.